The van der Waals surface area contributed by atoms with Crippen molar-refractivity contribution in [2.75, 3.05) is 18.0 Å². The highest BCUT2D eigenvalue weighted by Gasteiger charge is 2.24. The molecule has 0 spiro atoms. The molecule has 1 saturated heterocycles. The van der Waals surface area contributed by atoms with Gasteiger partial charge in [-0.25, -0.2) is 4.79 Å². The summed E-state index contributed by atoms with van der Waals surface area (Å²) in [6.45, 7) is 2.10. The average molecular weight is 422 g/mol. The lowest BCUT2D eigenvalue weighted by molar-refractivity contribution is 0.560. The lowest BCUT2D eigenvalue weighted by atomic mass is 10.1. The summed E-state index contributed by atoms with van der Waals surface area (Å²) in [7, 11) is 3.12. The van der Waals surface area contributed by atoms with Crippen molar-refractivity contribution in [1.82, 2.24) is 18.7 Å². The summed E-state index contributed by atoms with van der Waals surface area (Å²) < 4.78 is 4.41. The number of anilines is 1. The molecule has 1 aliphatic heterocycles. The highest BCUT2D eigenvalue weighted by atomic mass is 35.5. The fourth-order valence-corrected chi connectivity index (χ4v) is 4.21. The highest BCUT2D eigenvalue weighted by Crippen LogP contribution is 2.27. The molecular formula is C19H21Cl2N5O2. The predicted octanol–water partition coefficient (Wildman–Crippen LogP) is 2.78. The normalized spacial score (nSPS) is 14.8. The van der Waals surface area contributed by atoms with E-state index < -0.39 is 5.69 Å². The first-order valence-electron chi connectivity index (χ1n) is 9.23. The molecule has 0 N–H and O–H groups in total. The third kappa shape index (κ3) is 3.12. The molecule has 28 heavy (non-hydrogen) atoms. The Bertz CT molecular complexity index is 1170. The van der Waals surface area contributed by atoms with Crippen LogP contribution < -0.4 is 16.1 Å². The Morgan fingerprint density at radius 2 is 1.75 bits per heavy atom. The molecule has 0 saturated carbocycles. The van der Waals surface area contributed by atoms with Gasteiger partial charge in [0.05, 0.1) is 6.54 Å². The van der Waals surface area contributed by atoms with Gasteiger partial charge in [0.2, 0.25) is 5.95 Å². The number of imidazole rings is 1. The predicted molar refractivity (Wildman–Crippen MR) is 112 cm³/mol. The van der Waals surface area contributed by atoms with Crippen molar-refractivity contribution in [2.24, 2.45) is 14.1 Å². The van der Waals surface area contributed by atoms with E-state index in [9.17, 15) is 9.59 Å². The summed E-state index contributed by atoms with van der Waals surface area (Å²) in [4.78, 5) is 32.2. The maximum absolute atomic E-state index is 13.0. The minimum atomic E-state index is -0.392. The first-order valence-corrected chi connectivity index (χ1v) is 9.99. The van der Waals surface area contributed by atoms with Crippen LogP contribution in [-0.4, -0.2) is 31.8 Å². The number of hydrogen-bond donors (Lipinski definition) is 0. The van der Waals surface area contributed by atoms with Crippen LogP contribution in [-0.2, 0) is 20.6 Å². The van der Waals surface area contributed by atoms with Gasteiger partial charge in [-0.15, -0.1) is 0 Å². The van der Waals surface area contributed by atoms with Gasteiger partial charge in [-0.05, 0) is 37.0 Å². The number of halogens is 2. The molecular weight excluding hydrogens is 401 g/mol. The molecule has 2 aromatic heterocycles. The average Bonchev–Trinajstić information content (AvgIpc) is 3.07. The van der Waals surface area contributed by atoms with Crippen LogP contribution in [0.4, 0.5) is 5.95 Å². The second kappa shape index (κ2) is 7.29. The molecule has 0 bridgehead atoms. The molecule has 0 radical (unpaired) electrons. The fraction of sp³-hybridized carbons (Fsp3) is 0.421. The molecule has 0 amide bonds. The van der Waals surface area contributed by atoms with Crippen molar-refractivity contribution in [3.8, 4) is 0 Å². The molecule has 1 aliphatic rings. The molecule has 0 unspecified atom stereocenters. The van der Waals surface area contributed by atoms with E-state index in [1.54, 1.807) is 19.2 Å². The van der Waals surface area contributed by atoms with Gasteiger partial charge in [0.1, 0.15) is 0 Å². The number of hydrogen-bond acceptors (Lipinski definition) is 4. The summed E-state index contributed by atoms with van der Waals surface area (Å²) >= 11 is 12.4. The van der Waals surface area contributed by atoms with Crippen LogP contribution in [0.3, 0.4) is 0 Å². The third-order valence-corrected chi connectivity index (χ3v) is 5.90. The number of rotatable bonds is 3. The van der Waals surface area contributed by atoms with Crippen molar-refractivity contribution >= 4 is 40.3 Å². The smallest absolute Gasteiger partial charge is 0.332 e. The minimum absolute atomic E-state index is 0.362. The molecule has 4 rings (SSSR count). The first kappa shape index (κ1) is 19.1. The van der Waals surface area contributed by atoms with Gasteiger partial charge in [-0.3, -0.25) is 18.5 Å². The standard InChI is InChI=1S/C19H21Cl2N5O2/c1-23-16-15(17(27)24(2)19(23)28)26(11-12-6-7-13(20)10-14(12)21)18(22-16)25-8-4-3-5-9-25/h6-7,10H,3-5,8-9,11H2,1-2H3. The zero-order valence-electron chi connectivity index (χ0n) is 15.8. The van der Waals surface area contributed by atoms with Gasteiger partial charge < -0.3 is 4.90 Å². The molecule has 7 nitrogen and oxygen atoms in total. The number of fused-ring (bicyclic) bond motifs is 1. The Balaban J connectivity index is 1.97. The van der Waals surface area contributed by atoms with E-state index in [4.69, 9.17) is 28.2 Å². The van der Waals surface area contributed by atoms with Gasteiger partial charge in [-0.2, -0.15) is 4.98 Å². The topological polar surface area (TPSA) is 65.1 Å². The molecule has 9 heteroatoms. The zero-order chi connectivity index (χ0) is 20.0. The quantitative estimate of drug-likeness (QED) is 0.651. The summed E-state index contributed by atoms with van der Waals surface area (Å²) in [5, 5.41) is 1.08. The van der Waals surface area contributed by atoms with E-state index in [-0.39, 0.29) is 5.56 Å². The van der Waals surface area contributed by atoms with Crippen LogP contribution in [0, 0.1) is 0 Å². The van der Waals surface area contributed by atoms with E-state index in [1.165, 1.54) is 18.0 Å². The van der Waals surface area contributed by atoms with Gasteiger partial charge in [0, 0.05) is 37.2 Å². The first-order chi connectivity index (χ1) is 13.4. The Morgan fingerprint density at radius 1 is 1.04 bits per heavy atom. The van der Waals surface area contributed by atoms with Crippen molar-refractivity contribution in [3.63, 3.8) is 0 Å². The van der Waals surface area contributed by atoms with Crippen molar-refractivity contribution < 1.29 is 0 Å². The SMILES string of the molecule is Cn1c(=O)c2c(nc(N3CCCCC3)n2Cc2ccc(Cl)cc2Cl)n(C)c1=O. The maximum Gasteiger partial charge on any atom is 0.332 e. The van der Waals surface area contributed by atoms with E-state index in [0.717, 1.165) is 36.1 Å². The maximum atomic E-state index is 13.0. The molecule has 0 aliphatic carbocycles. The Morgan fingerprint density at radius 3 is 2.43 bits per heavy atom. The highest BCUT2D eigenvalue weighted by molar-refractivity contribution is 6.35. The van der Waals surface area contributed by atoms with Gasteiger partial charge in [0.15, 0.2) is 11.2 Å². The second-order valence-corrected chi connectivity index (χ2v) is 8.00. The van der Waals surface area contributed by atoms with Crippen LogP contribution in [0.5, 0.6) is 0 Å². The van der Waals surface area contributed by atoms with E-state index in [0.29, 0.717) is 33.7 Å². The molecule has 3 aromatic rings. The van der Waals surface area contributed by atoms with E-state index in [1.807, 2.05) is 10.6 Å². The van der Waals surface area contributed by atoms with Gasteiger partial charge >= 0.3 is 5.69 Å². The second-order valence-electron chi connectivity index (χ2n) is 7.16. The summed E-state index contributed by atoms with van der Waals surface area (Å²) in [6.07, 6.45) is 3.32. The van der Waals surface area contributed by atoms with E-state index >= 15 is 0 Å². The molecule has 0 atom stereocenters. The van der Waals surface area contributed by atoms with Gasteiger partial charge in [0.25, 0.3) is 5.56 Å². The Labute approximate surface area is 171 Å². The van der Waals surface area contributed by atoms with Crippen molar-refractivity contribution in [3.05, 3.63) is 54.6 Å². The summed E-state index contributed by atoms with van der Waals surface area (Å²) in [5.41, 5.74) is 0.866. The van der Waals surface area contributed by atoms with Crippen LogP contribution >= 0.6 is 23.2 Å². The van der Waals surface area contributed by atoms with Crippen LogP contribution in [0.2, 0.25) is 10.0 Å². The number of aromatic nitrogens is 4. The van der Waals surface area contributed by atoms with Crippen molar-refractivity contribution in [2.45, 2.75) is 25.8 Å². The zero-order valence-corrected chi connectivity index (χ0v) is 17.3. The number of aryl methyl sites for hydroxylation is 1. The third-order valence-electron chi connectivity index (χ3n) is 5.31. The van der Waals surface area contributed by atoms with Crippen LogP contribution in [0.25, 0.3) is 11.2 Å². The van der Waals surface area contributed by atoms with Crippen LogP contribution in [0.1, 0.15) is 24.8 Å². The molecule has 148 valence electrons. The fourth-order valence-electron chi connectivity index (χ4n) is 3.74. The minimum Gasteiger partial charge on any atom is -0.342 e. The largest absolute Gasteiger partial charge is 0.342 e. The summed E-state index contributed by atoms with van der Waals surface area (Å²) in [6, 6.07) is 5.31. The summed E-state index contributed by atoms with van der Waals surface area (Å²) in [5.74, 6) is 0.694. The lowest BCUT2D eigenvalue weighted by Crippen LogP contribution is -2.37. The van der Waals surface area contributed by atoms with Gasteiger partial charge in [-0.1, -0.05) is 29.3 Å². The Kier molecular flexibility index (Phi) is 4.97. The molecule has 1 fully saturated rings. The van der Waals surface area contributed by atoms with Crippen LogP contribution in [0.15, 0.2) is 27.8 Å². The number of nitrogens with zero attached hydrogens (tertiary/aromatic N) is 5. The molecule has 3 heterocycles. The Hall–Kier alpha value is -2.25. The number of piperidine rings is 1. The van der Waals surface area contributed by atoms with E-state index in [2.05, 4.69) is 4.90 Å². The van der Waals surface area contributed by atoms with Crippen molar-refractivity contribution in [1.29, 1.82) is 0 Å². The lowest BCUT2D eigenvalue weighted by Gasteiger charge is -2.28. The number of benzene rings is 1. The monoisotopic (exact) mass is 421 g/mol. The molecule has 1 aromatic carbocycles.